The van der Waals surface area contributed by atoms with Gasteiger partial charge in [0, 0.05) is 38.6 Å². The first-order valence-electron chi connectivity index (χ1n) is 6.04. The lowest BCUT2D eigenvalue weighted by molar-refractivity contribution is -0.542. The van der Waals surface area contributed by atoms with E-state index in [0.29, 0.717) is 0 Å². The summed E-state index contributed by atoms with van der Waals surface area (Å²) in [6.45, 7) is 2.40. The van der Waals surface area contributed by atoms with Gasteiger partial charge in [-0.2, -0.15) is 0 Å². The van der Waals surface area contributed by atoms with E-state index >= 15 is 0 Å². The molecule has 0 saturated carbocycles. The van der Waals surface area contributed by atoms with E-state index in [-0.39, 0.29) is 22.2 Å². The summed E-state index contributed by atoms with van der Waals surface area (Å²) in [5.74, 6) is -1.04. The van der Waals surface area contributed by atoms with Crippen molar-refractivity contribution in [2.75, 3.05) is 19.4 Å². The largest absolute Gasteiger partial charge is 0.345 e. The van der Waals surface area contributed by atoms with Gasteiger partial charge in [0.2, 0.25) is 0 Å². The quantitative estimate of drug-likeness (QED) is 0.680. The standard InChI is InChI=1S/C13H16ClN3O4/c1-13(2,17(20)21)12(19)15-8-5-6-9(10(14)7-8)11(18)16(3)4/h5-7H,1-4H3,(H,15,19). The summed E-state index contributed by atoms with van der Waals surface area (Å²) in [4.78, 5) is 35.2. The summed E-state index contributed by atoms with van der Waals surface area (Å²) < 4.78 is 0. The maximum atomic E-state index is 11.8. The Bertz CT molecular complexity index is 599. The van der Waals surface area contributed by atoms with Gasteiger partial charge in [-0.15, -0.1) is 0 Å². The lowest BCUT2D eigenvalue weighted by Gasteiger charge is -2.16. The highest BCUT2D eigenvalue weighted by Gasteiger charge is 2.40. The zero-order valence-corrected chi connectivity index (χ0v) is 12.9. The van der Waals surface area contributed by atoms with Crippen LogP contribution in [-0.4, -0.2) is 41.3 Å². The molecular weight excluding hydrogens is 298 g/mol. The fourth-order valence-electron chi connectivity index (χ4n) is 1.37. The number of nitrogens with one attached hydrogen (secondary N) is 1. The van der Waals surface area contributed by atoms with Gasteiger partial charge in [-0.05, 0) is 18.2 Å². The van der Waals surface area contributed by atoms with Gasteiger partial charge in [0.25, 0.3) is 11.4 Å². The van der Waals surface area contributed by atoms with Gasteiger partial charge in [0.15, 0.2) is 0 Å². The lowest BCUT2D eigenvalue weighted by atomic mass is 10.1. The van der Waals surface area contributed by atoms with Gasteiger partial charge in [0.1, 0.15) is 0 Å². The molecule has 0 unspecified atom stereocenters. The second-order valence-electron chi connectivity index (χ2n) is 5.16. The number of halogens is 1. The van der Waals surface area contributed by atoms with Crippen LogP contribution in [0.15, 0.2) is 18.2 Å². The third-order valence-corrected chi connectivity index (χ3v) is 3.19. The maximum absolute atomic E-state index is 11.8. The van der Waals surface area contributed by atoms with Crippen molar-refractivity contribution in [1.29, 1.82) is 0 Å². The minimum absolute atomic E-state index is 0.158. The molecule has 0 atom stereocenters. The molecule has 0 heterocycles. The van der Waals surface area contributed by atoms with Gasteiger partial charge in [-0.25, -0.2) is 0 Å². The van der Waals surface area contributed by atoms with Crippen LogP contribution in [0, 0.1) is 10.1 Å². The van der Waals surface area contributed by atoms with E-state index in [1.807, 2.05) is 0 Å². The average molecular weight is 314 g/mol. The Morgan fingerprint density at radius 2 is 1.90 bits per heavy atom. The van der Waals surface area contributed by atoms with Gasteiger partial charge in [-0.1, -0.05) is 11.6 Å². The Kier molecular flexibility index (Phi) is 4.90. The molecule has 1 aromatic rings. The number of carbonyl (C=O) groups excluding carboxylic acids is 2. The van der Waals surface area contributed by atoms with Crippen molar-refractivity contribution in [3.8, 4) is 0 Å². The van der Waals surface area contributed by atoms with Gasteiger partial charge >= 0.3 is 5.91 Å². The number of hydrogen-bond donors (Lipinski definition) is 1. The highest BCUT2D eigenvalue weighted by atomic mass is 35.5. The average Bonchev–Trinajstić information content (AvgIpc) is 2.37. The van der Waals surface area contributed by atoms with Crippen LogP contribution in [-0.2, 0) is 4.79 Å². The van der Waals surface area contributed by atoms with Gasteiger partial charge in [0.05, 0.1) is 10.6 Å². The van der Waals surface area contributed by atoms with E-state index < -0.39 is 16.4 Å². The predicted octanol–water partition coefficient (Wildman–Crippen LogP) is 2.04. The molecule has 0 aliphatic rings. The summed E-state index contributed by atoms with van der Waals surface area (Å²) in [6, 6.07) is 4.31. The van der Waals surface area contributed by atoms with Crippen molar-refractivity contribution in [3.05, 3.63) is 38.9 Å². The third kappa shape index (κ3) is 3.69. The molecule has 1 N–H and O–H groups in total. The zero-order chi connectivity index (χ0) is 16.4. The lowest BCUT2D eigenvalue weighted by Crippen LogP contribution is -2.44. The minimum atomic E-state index is -1.76. The first-order chi connectivity index (χ1) is 9.57. The van der Waals surface area contributed by atoms with Crippen molar-refractivity contribution in [2.45, 2.75) is 19.4 Å². The molecule has 7 nitrogen and oxygen atoms in total. The molecule has 0 fully saturated rings. The number of nitrogens with zero attached hydrogens (tertiary/aromatic N) is 2. The molecule has 2 amide bonds. The molecule has 21 heavy (non-hydrogen) atoms. The minimum Gasteiger partial charge on any atom is -0.345 e. The Balaban J connectivity index is 2.98. The topological polar surface area (TPSA) is 92.6 Å². The third-order valence-electron chi connectivity index (χ3n) is 2.88. The molecule has 0 spiro atoms. The Labute approximate surface area is 127 Å². The van der Waals surface area contributed by atoms with Crippen molar-refractivity contribution in [2.24, 2.45) is 0 Å². The Morgan fingerprint density at radius 1 is 1.33 bits per heavy atom. The molecule has 0 saturated heterocycles. The maximum Gasteiger partial charge on any atom is 0.301 e. The monoisotopic (exact) mass is 313 g/mol. The van der Waals surface area contributed by atoms with E-state index in [2.05, 4.69) is 5.32 Å². The molecule has 1 rings (SSSR count). The Hall–Kier alpha value is -2.15. The molecular formula is C13H16ClN3O4. The number of hydrogen-bond acceptors (Lipinski definition) is 4. The molecule has 114 valence electrons. The highest BCUT2D eigenvalue weighted by molar-refractivity contribution is 6.34. The summed E-state index contributed by atoms with van der Waals surface area (Å²) in [7, 11) is 3.18. The Morgan fingerprint density at radius 3 is 2.33 bits per heavy atom. The summed E-state index contributed by atoms with van der Waals surface area (Å²) >= 11 is 6.00. The van der Waals surface area contributed by atoms with Crippen LogP contribution in [0.4, 0.5) is 5.69 Å². The van der Waals surface area contributed by atoms with Crippen molar-refractivity contribution in [1.82, 2.24) is 4.90 Å². The molecule has 0 bridgehead atoms. The fourth-order valence-corrected chi connectivity index (χ4v) is 1.64. The molecule has 0 aliphatic heterocycles. The van der Waals surface area contributed by atoms with Crippen LogP contribution in [0.2, 0.25) is 5.02 Å². The van der Waals surface area contributed by atoms with E-state index in [4.69, 9.17) is 11.6 Å². The first kappa shape index (κ1) is 16.9. The second kappa shape index (κ2) is 6.09. The van der Waals surface area contributed by atoms with Crippen LogP contribution in [0.5, 0.6) is 0 Å². The summed E-state index contributed by atoms with van der Waals surface area (Å²) in [6.07, 6.45) is 0. The summed E-state index contributed by atoms with van der Waals surface area (Å²) in [5, 5.41) is 13.4. The van der Waals surface area contributed by atoms with Crippen molar-refractivity contribution in [3.63, 3.8) is 0 Å². The van der Waals surface area contributed by atoms with Gasteiger partial charge in [-0.3, -0.25) is 19.7 Å². The van der Waals surface area contributed by atoms with Crippen LogP contribution < -0.4 is 5.32 Å². The van der Waals surface area contributed by atoms with Crippen LogP contribution in [0.1, 0.15) is 24.2 Å². The van der Waals surface area contributed by atoms with Gasteiger partial charge < -0.3 is 10.2 Å². The fraction of sp³-hybridized carbons (Fsp3) is 0.385. The highest BCUT2D eigenvalue weighted by Crippen LogP contribution is 2.23. The number of anilines is 1. The van der Waals surface area contributed by atoms with E-state index in [1.54, 1.807) is 14.1 Å². The molecule has 8 heteroatoms. The number of benzene rings is 1. The van der Waals surface area contributed by atoms with Crippen molar-refractivity contribution < 1.29 is 14.5 Å². The van der Waals surface area contributed by atoms with E-state index in [0.717, 1.165) is 0 Å². The molecule has 0 aromatic heterocycles. The number of carbonyl (C=O) groups is 2. The SMILES string of the molecule is CN(C)C(=O)c1ccc(NC(=O)C(C)(C)[N+](=O)[O-])cc1Cl. The number of amides is 2. The number of nitro groups is 1. The first-order valence-corrected chi connectivity index (χ1v) is 6.42. The predicted molar refractivity (Wildman–Crippen MR) is 79.2 cm³/mol. The van der Waals surface area contributed by atoms with Crippen LogP contribution >= 0.6 is 11.6 Å². The number of rotatable bonds is 4. The van der Waals surface area contributed by atoms with E-state index in [9.17, 15) is 19.7 Å². The van der Waals surface area contributed by atoms with E-state index in [1.165, 1.54) is 36.9 Å². The zero-order valence-electron chi connectivity index (χ0n) is 12.1. The van der Waals surface area contributed by atoms with Crippen LogP contribution in [0.25, 0.3) is 0 Å². The smallest absolute Gasteiger partial charge is 0.301 e. The molecule has 1 aromatic carbocycles. The second-order valence-corrected chi connectivity index (χ2v) is 5.57. The normalized spacial score (nSPS) is 10.9. The van der Waals surface area contributed by atoms with Crippen LogP contribution in [0.3, 0.4) is 0 Å². The van der Waals surface area contributed by atoms with Crippen molar-refractivity contribution >= 4 is 29.1 Å². The molecule has 0 aliphatic carbocycles. The molecule has 0 radical (unpaired) electrons. The summed E-state index contributed by atoms with van der Waals surface area (Å²) in [5.41, 5.74) is -1.19.